The van der Waals surface area contributed by atoms with E-state index in [1.54, 1.807) is 6.08 Å². The summed E-state index contributed by atoms with van der Waals surface area (Å²) in [6.45, 7) is 6.05. The van der Waals surface area contributed by atoms with Crippen LogP contribution < -0.4 is 15.6 Å². The first kappa shape index (κ1) is 19.7. The molecular weight excluding hydrogens is 354 g/mol. The lowest BCUT2D eigenvalue weighted by molar-refractivity contribution is -0.128. The average Bonchev–Trinajstić information content (AvgIpc) is 3.48. The fourth-order valence-corrected chi connectivity index (χ4v) is 3.21. The number of benzene rings is 1. The topological polar surface area (TPSA) is 72.4 Å². The summed E-state index contributed by atoms with van der Waals surface area (Å²) in [5.74, 6) is -0.199. The van der Waals surface area contributed by atoms with Gasteiger partial charge in [0.15, 0.2) is 6.61 Å². The summed E-state index contributed by atoms with van der Waals surface area (Å²) in [6.07, 6.45) is 6.58. The molecule has 1 fully saturated rings. The first-order chi connectivity index (χ1) is 13.5. The highest BCUT2D eigenvalue weighted by Crippen LogP contribution is 2.38. The van der Waals surface area contributed by atoms with Crippen LogP contribution in [0.3, 0.4) is 0 Å². The van der Waals surface area contributed by atoms with E-state index in [0.717, 1.165) is 17.7 Å². The normalized spacial score (nSPS) is 13.5. The van der Waals surface area contributed by atoms with Gasteiger partial charge in [-0.3, -0.25) is 20.4 Å². The molecule has 0 atom stereocenters. The molecule has 1 heterocycles. The molecule has 1 saturated carbocycles. The van der Waals surface area contributed by atoms with Crippen molar-refractivity contribution in [3.63, 3.8) is 0 Å². The largest absolute Gasteiger partial charge is 0.484 e. The van der Waals surface area contributed by atoms with E-state index < -0.39 is 11.8 Å². The van der Waals surface area contributed by atoms with Gasteiger partial charge in [-0.05, 0) is 68.5 Å². The molecule has 1 aliphatic carbocycles. The molecule has 0 radical (unpaired) electrons. The van der Waals surface area contributed by atoms with Gasteiger partial charge in [-0.25, -0.2) is 0 Å². The Morgan fingerprint density at radius 2 is 1.89 bits per heavy atom. The van der Waals surface area contributed by atoms with Crippen LogP contribution in [0.25, 0.3) is 6.08 Å². The Balaban J connectivity index is 1.44. The van der Waals surface area contributed by atoms with Crippen LogP contribution >= 0.6 is 0 Å². The molecule has 1 aliphatic rings. The molecule has 6 heteroatoms. The van der Waals surface area contributed by atoms with Crippen molar-refractivity contribution in [1.29, 1.82) is 0 Å². The van der Waals surface area contributed by atoms with Crippen LogP contribution in [-0.4, -0.2) is 23.0 Å². The molecule has 0 bridgehead atoms. The molecule has 2 amide bonds. The zero-order chi connectivity index (χ0) is 20.1. The number of hydrazine groups is 1. The zero-order valence-electron chi connectivity index (χ0n) is 16.6. The molecule has 0 saturated heterocycles. The highest BCUT2D eigenvalue weighted by Gasteiger charge is 2.26. The van der Waals surface area contributed by atoms with Crippen molar-refractivity contribution >= 4 is 17.9 Å². The van der Waals surface area contributed by atoms with Crippen molar-refractivity contribution in [2.75, 3.05) is 6.61 Å². The second kappa shape index (κ2) is 8.78. The van der Waals surface area contributed by atoms with Crippen LogP contribution in [-0.2, 0) is 16.0 Å². The van der Waals surface area contributed by atoms with Crippen molar-refractivity contribution in [2.45, 2.75) is 46.1 Å². The maximum atomic E-state index is 12.0. The second-order valence-electron chi connectivity index (χ2n) is 7.08. The average molecular weight is 381 g/mol. The highest BCUT2D eigenvalue weighted by molar-refractivity contribution is 5.93. The minimum Gasteiger partial charge on any atom is -0.484 e. The SMILES string of the molecule is CCc1ccc(OCC(=O)NNC(=O)/C=C/c2cc(C)n(C3CC3)c2C)cc1. The summed E-state index contributed by atoms with van der Waals surface area (Å²) >= 11 is 0. The van der Waals surface area contributed by atoms with Crippen LogP contribution in [0.1, 0.15) is 48.3 Å². The monoisotopic (exact) mass is 381 g/mol. The van der Waals surface area contributed by atoms with E-state index in [4.69, 9.17) is 4.74 Å². The number of aromatic nitrogens is 1. The Morgan fingerprint density at radius 3 is 2.54 bits per heavy atom. The molecule has 2 aromatic rings. The number of hydrogen-bond acceptors (Lipinski definition) is 3. The third kappa shape index (κ3) is 5.03. The summed E-state index contributed by atoms with van der Waals surface area (Å²) in [5, 5.41) is 0. The molecule has 28 heavy (non-hydrogen) atoms. The molecule has 0 spiro atoms. The van der Waals surface area contributed by atoms with E-state index in [1.807, 2.05) is 24.3 Å². The molecule has 0 unspecified atom stereocenters. The summed E-state index contributed by atoms with van der Waals surface area (Å²) in [7, 11) is 0. The summed E-state index contributed by atoms with van der Waals surface area (Å²) < 4.78 is 7.73. The Kier molecular flexibility index (Phi) is 6.19. The van der Waals surface area contributed by atoms with E-state index in [1.165, 1.54) is 30.2 Å². The number of amides is 2. The van der Waals surface area contributed by atoms with Crippen LogP contribution in [0.15, 0.2) is 36.4 Å². The van der Waals surface area contributed by atoms with Gasteiger partial charge in [0.05, 0.1) is 0 Å². The minimum atomic E-state index is -0.423. The maximum absolute atomic E-state index is 12.0. The van der Waals surface area contributed by atoms with Crippen LogP contribution in [0.4, 0.5) is 0 Å². The van der Waals surface area contributed by atoms with E-state index in [-0.39, 0.29) is 6.61 Å². The van der Waals surface area contributed by atoms with Gasteiger partial charge in [0.25, 0.3) is 11.8 Å². The van der Waals surface area contributed by atoms with Gasteiger partial charge in [-0.2, -0.15) is 0 Å². The van der Waals surface area contributed by atoms with Crippen molar-refractivity contribution < 1.29 is 14.3 Å². The van der Waals surface area contributed by atoms with Gasteiger partial charge < -0.3 is 9.30 Å². The van der Waals surface area contributed by atoms with Crippen LogP contribution in [0.2, 0.25) is 0 Å². The molecule has 6 nitrogen and oxygen atoms in total. The van der Waals surface area contributed by atoms with E-state index in [0.29, 0.717) is 11.8 Å². The standard InChI is InChI=1S/C22H27N3O3/c1-4-17-5-10-20(11-6-17)28-14-22(27)24-23-21(26)12-7-18-13-15(2)25(16(18)3)19-8-9-19/h5-7,10-13,19H,4,8-9,14H2,1-3H3,(H,23,26)(H,24,27)/b12-7+. The van der Waals surface area contributed by atoms with E-state index in [2.05, 4.69) is 42.3 Å². The number of ether oxygens (including phenoxy) is 1. The van der Waals surface area contributed by atoms with Gasteiger partial charge in [0.2, 0.25) is 0 Å². The van der Waals surface area contributed by atoms with Crippen LogP contribution in [0.5, 0.6) is 5.75 Å². The van der Waals surface area contributed by atoms with Gasteiger partial charge in [-0.15, -0.1) is 0 Å². The number of aryl methyl sites for hydroxylation is 2. The third-order valence-corrected chi connectivity index (χ3v) is 4.88. The van der Waals surface area contributed by atoms with E-state index in [9.17, 15) is 9.59 Å². The minimum absolute atomic E-state index is 0.169. The fraction of sp³-hybridized carbons (Fsp3) is 0.364. The van der Waals surface area contributed by atoms with Gasteiger partial charge in [0, 0.05) is 23.5 Å². The Morgan fingerprint density at radius 1 is 1.18 bits per heavy atom. The van der Waals surface area contributed by atoms with Crippen LogP contribution in [0, 0.1) is 13.8 Å². The van der Waals surface area contributed by atoms with Gasteiger partial charge >= 0.3 is 0 Å². The lowest BCUT2D eigenvalue weighted by atomic mass is 10.2. The van der Waals surface area contributed by atoms with Crippen molar-refractivity contribution in [1.82, 2.24) is 15.4 Å². The number of rotatable bonds is 7. The lowest BCUT2D eigenvalue weighted by Gasteiger charge is -2.08. The predicted octanol–water partition coefficient (Wildman–Crippen LogP) is 3.24. The Bertz CT molecular complexity index is 877. The van der Waals surface area contributed by atoms with Gasteiger partial charge in [0.1, 0.15) is 5.75 Å². The number of carbonyl (C=O) groups is 2. The quantitative estimate of drug-likeness (QED) is 0.571. The lowest BCUT2D eigenvalue weighted by Crippen LogP contribution is -2.43. The predicted molar refractivity (Wildman–Crippen MR) is 109 cm³/mol. The van der Waals surface area contributed by atoms with Crippen molar-refractivity contribution in [3.8, 4) is 5.75 Å². The number of carbonyl (C=O) groups excluding carboxylic acids is 2. The highest BCUT2D eigenvalue weighted by atomic mass is 16.5. The molecule has 1 aromatic heterocycles. The van der Waals surface area contributed by atoms with Gasteiger partial charge in [-0.1, -0.05) is 19.1 Å². The Labute approximate surface area is 165 Å². The second-order valence-corrected chi connectivity index (χ2v) is 7.08. The maximum Gasteiger partial charge on any atom is 0.276 e. The summed E-state index contributed by atoms with van der Waals surface area (Å²) in [4.78, 5) is 23.8. The molecule has 0 aliphatic heterocycles. The smallest absolute Gasteiger partial charge is 0.276 e. The van der Waals surface area contributed by atoms with Crippen molar-refractivity contribution in [2.24, 2.45) is 0 Å². The first-order valence-corrected chi connectivity index (χ1v) is 9.65. The number of nitrogens with zero attached hydrogens (tertiary/aromatic N) is 1. The number of hydrogen-bond donors (Lipinski definition) is 2. The number of nitrogens with one attached hydrogen (secondary N) is 2. The molecule has 3 rings (SSSR count). The van der Waals surface area contributed by atoms with E-state index >= 15 is 0 Å². The molecule has 2 N–H and O–H groups in total. The summed E-state index contributed by atoms with van der Waals surface area (Å²) in [6, 6.07) is 10.2. The first-order valence-electron chi connectivity index (χ1n) is 9.65. The molecule has 148 valence electrons. The third-order valence-electron chi connectivity index (χ3n) is 4.88. The summed E-state index contributed by atoms with van der Waals surface area (Å²) in [5.41, 5.74) is 9.31. The fourth-order valence-electron chi connectivity index (χ4n) is 3.21. The van der Waals surface area contributed by atoms with Crippen molar-refractivity contribution in [3.05, 3.63) is 58.9 Å². The molecule has 1 aromatic carbocycles. The Hall–Kier alpha value is -3.02. The zero-order valence-corrected chi connectivity index (χ0v) is 16.6. The molecular formula is C22H27N3O3.